The maximum absolute atomic E-state index is 14.5. The number of nitrogens with zero attached hydrogens (tertiary/aromatic N) is 10. The third kappa shape index (κ3) is 12.0. The Balaban J connectivity index is 0.000000204. The maximum Gasteiger partial charge on any atom is 0.248 e. The Morgan fingerprint density at radius 1 is 0.654 bits per heavy atom. The number of ketones is 2. The molecular formula is C57H57F3N12O6. The highest BCUT2D eigenvalue weighted by molar-refractivity contribution is 6.09. The summed E-state index contributed by atoms with van der Waals surface area (Å²) in [7, 11) is 0. The highest BCUT2D eigenvalue weighted by Gasteiger charge is 2.41. The van der Waals surface area contributed by atoms with E-state index in [1.54, 1.807) is 91.5 Å². The molecule has 21 heteroatoms. The van der Waals surface area contributed by atoms with Crippen LogP contribution < -0.4 is 10.6 Å². The Morgan fingerprint density at radius 2 is 1.22 bits per heavy atom. The second-order valence-electron chi connectivity index (χ2n) is 19.2. The van der Waals surface area contributed by atoms with Crippen molar-refractivity contribution in [3.8, 4) is 22.3 Å². The Kier molecular flexibility index (Phi) is 16.6. The van der Waals surface area contributed by atoms with Crippen molar-refractivity contribution in [1.82, 2.24) is 54.4 Å². The number of hydrogen-bond donors (Lipinski definition) is 2. The minimum atomic E-state index is -1.36. The molecule has 0 unspecified atom stereocenters. The monoisotopic (exact) mass is 1060 g/mol. The number of fused-ring (bicyclic) bond motifs is 2. The number of rotatable bonds is 13. The predicted molar refractivity (Wildman–Crippen MR) is 286 cm³/mol. The van der Waals surface area contributed by atoms with Crippen LogP contribution in [0.25, 0.3) is 44.1 Å². The molecule has 78 heavy (non-hydrogen) atoms. The van der Waals surface area contributed by atoms with Gasteiger partial charge in [-0.15, -0.1) is 0 Å². The molecule has 2 aliphatic rings. The number of nitrogens with one attached hydrogen (secondary N) is 2. The van der Waals surface area contributed by atoms with Gasteiger partial charge in [-0.3, -0.25) is 33.8 Å². The van der Waals surface area contributed by atoms with Crippen LogP contribution in [0, 0.1) is 26.6 Å². The van der Waals surface area contributed by atoms with E-state index >= 15 is 0 Å². The minimum absolute atomic E-state index is 0. The van der Waals surface area contributed by atoms with E-state index in [9.17, 15) is 41.9 Å². The first-order valence-electron chi connectivity index (χ1n) is 24.7. The van der Waals surface area contributed by atoms with Gasteiger partial charge in [-0.1, -0.05) is 37.8 Å². The first kappa shape index (κ1) is 55.2. The number of aryl methyl sites for hydroxylation is 3. The molecular weight excluding hydrogens is 1010 g/mol. The number of benzene rings is 3. The van der Waals surface area contributed by atoms with Gasteiger partial charge >= 0.3 is 0 Å². The van der Waals surface area contributed by atoms with Crippen LogP contribution in [0.3, 0.4) is 0 Å². The van der Waals surface area contributed by atoms with Gasteiger partial charge in [-0.25, -0.2) is 28.1 Å². The maximum atomic E-state index is 14.5. The molecule has 2 saturated heterocycles. The molecule has 0 radical (unpaired) electrons. The number of Topliss-reactive ketones (excluding diaryl/α,β-unsaturated/α-hetero) is 2. The van der Waals surface area contributed by atoms with Crippen LogP contribution in [-0.2, 0) is 38.8 Å². The highest BCUT2D eigenvalue weighted by Crippen LogP contribution is 2.32. The molecule has 18 nitrogen and oxygen atoms in total. The predicted octanol–water partition coefficient (Wildman–Crippen LogP) is 7.93. The number of amides is 4. The van der Waals surface area contributed by atoms with Gasteiger partial charge in [0.25, 0.3) is 0 Å². The van der Waals surface area contributed by atoms with E-state index in [0.717, 1.165) is 22.3 Å². The first-order valence-corrected chi connectivity index (χ1v) is 24.7. The number of hydrogen-bond acceptors (Lipinski definition) is 12. The Bertz CT molecular complexity index is 3590. The van der Waals surface area contributed by atoms with Crippen molar-refractivity contribution in [2.75, 3.05) is 18.4 Å². The zero-order valence-corrected chi connectivity index (χ0v) is 42.7. The van der Waals surface area contributed by atoms with E-state index < -0.39 is 53.9 Å². The van der Waals surface area contributed by atoms with Crippen molar-refractivity contribution in [2.45, 2.75) is 98.9 Å². The van der Waals surface area contributed by atoms with E-state index in [2.05, 4.69) is 40.8 Å². The summed E-state index contributed by atoms with van der Waals surface area (Å²) < 4.78 is 46.5. The van der Waals surface area contributed by atoms with Crippen molar-refractivity contribution in [1.29, 1.82) is 0 Å². The van der Waals surface area contributed by atoms with Gasteiger partial charge < -0.3 is 29.6 Å². The molecule has 2 N–H and O–H groups in total. The fourth-order valence-electron chi connectivity index (χ4n) is 9.75. The summed E-state index contributed by atoms with van der Waals surface area (Å²) in [6, 6.07) is 15.8. The van der Waals surface area contributed by atoms with Crippen LogP contribution in [0.1, 0.15) is 77.5 Å². The molecule has 10 rings (SSSR count). The SMILES string of the molecule is C.CC(=O)c1cn(CC(=O)N2C[C@H](F)C[C@H]2C(=O)NCc2cccc(C)c2F)c2ccc(-c3cnc(C)nc3)cc12.CC(=O)c1cn(CC(=O)N2C[C@H](F)C[C@H]2C(=O)Nc2cncc(C)n2)c2ccc(-c3ccnnc3)cc12. The molecule has 0 aliphatic carbocycles. The quantitative estimate of drug-likeness (QED) is 0.105. The Morgan fingerprint density at radius 3 is 1.76 bits per heavy atom. The largest absolute Gasteiger partial charge is 0.350 e. The van der Waals surface area contributed by atoms with E-state index in [1.165, 1.54) is 29.8 Å². The summed E-state index contributed by atoms with van der Waals surface area (Å²) in [6.07, 6.45) is 9.87. The number of carbonyl (C=O) groups is 6. The molecule has 2 fully saturated rings. The molecule has 0 bridgehead atoms. The molecule has 5 aromatic heterocycles. The van der Waals surface area contributed by atoms with E-state index in [0.29, 0.717) is 55.6 Å². The normalized spacial score (nSPS) is 16.8. The zero-order valence-electron chi connectivity index (χ0n) is 42.7. The summed E-state index contributed by atoms with van der Waals surface area (Å²) in [5.41, 5.74) is 6.92. The van der Waals surface area contributed by atoms with E-state index in [-0.39, 0.29) is 70.4 Å². The van der Waals surface area contributed by atoms with Crippen molar-refractivity contribution >= 4 is 62.8 Å². The van der Waals surface area contributed by atoms with Crippen LogP contribution >= 0.6 is 0 Å². The molecule has 7 heterocycles. The van der Waals surface area contributed by atoms with Crippen LogP contribution in [0.2, 0.25) is 0 Å². The van der Waals surface area contributed by atoms with Crippen molar-refractivity contribution in [3.63, 3.8) is 0 Å². The van der Waals surface area contributed by atoms with E-state index in [4.69, 9.17) is 0 Å². The van der Waals surface area contributed by atoms with Gasteiger partial charge in [-0.2, -0.15) is 10.2 Å². The summed E-state index contributed by atoms with van der Waals surface area (Å²) in [5, 5.41) is 14.3. The van der Waals surface area contributed by atoms with Gasteiger partial charge in [0, 0.05) is 100.0 Å². The minimum Gasteiger partial charge on any atom is -0.350 e. The third-order valence-electron chi connectivity index (χ3n) is 13.6. The number of likely N-dealkylation sites (tertiary alicyclic amines) is 2. The lowest BCUT2D eigenvalue weighted by atomic mass is 10.0. The van der Waals surface area contributed by atoms with Crippen molar-refractivity contribution in [2.24, 2.45) is 0 Å². The standard InChI is InChI=1S/C30H29F2N5O3.C26H24FN7O3.CH4/c1-17-5-4-6-21(29(17)32)11-35-30(40)27-10-23(31)14-37(27)28(39)16-36-15-25(18(2)38)24-9-20(7-8-26(24)36)22-12-33-19(3)34-13-22;1-15-9-28-11-24(31-15)32-26(37)23-8-19(27)12-34(23)25(36)14-33-13-21(16(2)35)20-7-17(3-4-22(20)33)18-5-6-29-30-10-18;/h4-9,12-13,15,23,27H,10-11,14,16H2,1-3H3,(H,35,40);3-7,9-11,13,19,23H,8,12,14H2,1-2H3,(H,31,32,37);1H4/t23-,27+;19-,23+;/m11./s1. The van der Waals surface area contributed by atoms with Gasteiger partial charge in [0.15, 0.2) is 17.4 Å². The second kappa shape index (κ2) is 23.5. The van der Waals surface area contributed by atoms with Crippen LogP contribution in [0.4, 0.5) is 19.0 Å². The number of anilines is 1. The van der Waals surface area contributed by atoms with Crippen LogP contribution in [-0.4, -0.2) is 122 Å². The summed E-state index contributed by atoms with van der Waals surface area (Å²) in [4.78, 5) is 96.6. The average Bonchev–Trinajstić information content (AvgIpc) is 4.25. The third-order valence-corrected chi connectivity index (χ3v) is 13.6. The van der Waals surface area contributed by atoms with Crippen molar-refractivity contribution < 1.29 is 41.9 Å². The van der Waals surface area contributed by atoms with Gasteiger partial charge in [-0.05, 0) is 81.6 Å². The van der Waals surface area contributed by atoms with Crippen LogP contribution in [0.15, 0.2) is 110 Å². The number of carbonyl (C=O) groups excluding carboxylic acids is 6. The Labute approximate surface area is 447 Å². The number of alkyl halides is 2. The molecule has 3 aromatic carbocycles. The smallest absolute Gasteiger partial charge is 0.248 e. The number of halogens is 3. The van der Waals surface area contributed by atoms with Gasteiger partial charge in [0.05, 0.1) is 37.4 Å². The molecule has 2 aliphatic heterocycles. The fraction of sp³-hybridized carbons (Fsp3) is 0.298. The lowest BCUT2D eigenvalue weighted by molar-refractivity contribution is -0.139. The van der Waals surface area contributed by atoms with E-state index in [1.807, 2.05) is 42.5 Å². The Hall–Kier alpha value is -9.01. The van der Waals surface area contributed by atoms with Crippen LogP contribution in [0.5, 0.6) is 0 Å². The number of aromatic nitrogens is 8. The fourth-order valence-corrected chi connectivity index (χ4v) is 9.75. The molecule has 402 valence electrons. The lowest BCUT2D eigenvalue weighted by Crippen LogP contribution is -2.46. The molecule has 8 aromatic rings. The summed E-state index contributed by atoms with van der Waals surface area (Å²) >= 11 is 0. The van der Waals surface area contributed by atoms with Crippen molar-refractivity contribution in [3.05, 3.63) is 150 Å². The average molecular weight is 1060 g/mol. The highest BCUT2D eigenvalue weighted by atomic mass is 19.1. The molecule has 4 amide bonds. The molecule has 0 saturated carbocycles. The lowest BCUT2D eigenvalue weighted by Gasteiger charge is -2.24. The zero-order chi connectivity index (χ0) is 54.7. The van der Waals surface area contributed by atoms with Gasteiger partial charge in [0.2, 0.25) is 23.6 Å². The van der Waals surface area contributed by atoms with Gasteiger partial charge in [0.1, 0.15) is 49.2 Å². The summed E-state index contributed by atoms with van der Waals surface area (Å²) in [6.45, 7) is 7.27. The first-order chi connectivity index (χ1) is 36.9. The second-order valence-corrected chi connectivity index (χ2v) is 19.2. The topological polar surface area (TPSA) is 220 Å². The molecule has 4 atom stereocenters. The summed E-state index contributed by atoms with van der Waals surface area (Å²) in [5.74, 6) is -1.79. The molecule has 0 spiro atoms.